The Balaban J connectivity index is 1.89. The van der Waals surface area contributed by atoms with Gasteiger partial charge in [-0.25, -0.2) is 0 Å². The molecule has 0 aromatic rings. The van der Waals surface area contributed by atoms with Crippen molar-refractivity contribution in [3.63, 3.8) is 0 Å². The Labute approximate surface area is 93.7 Å². The van der Waals surface area contributed by atoms with Gasteiger partial charge in [0.15, 0.2) is 0 Å². The Morgan fingerprint density at radius 2 is 2.07 bits per heavy atom. The van der Waals surface area contributed by atoms with Crippen LogP contribution >= 0.6 is 0 Å². The van der Waals surface area contributed by atoms with Crippen molar-refractivity contribution in [1.82, 2.24) is 4.90 Å². The summed E-state index contributed by atoms with van der Waals surface area (Å²) in [6.07, 6.45) is 8.82. The fourth-order valence-electron chi connectivity index (χ4n) is 3.39. The second kappa shape index (κ2) is 5.31. The molecular weight excluding hydrogens is 186 g/mol. The molecule has 2 nitrogen and oxygen atoms in total. The molecule has 1 aliphatic heterocycles. The normalized spacial score (nSPS) is 37.6. The number of hydrogen-bond donors (Lipinski definition) is 1. The van der Waals surface area contributed by atoms with Crippen molar-refractivity contribution in [3.05, 3.63) is 0 Å². The van der Waals surface area contributed by atoms with Crippen molar-refractivity contribution in [3.8, 4) is 0 Å². The number of hydrogen-bond acceptors (Lipinski definition) is 2. The predicted octanol–water partition coefficient (Wildman–Crippen LogP) is 2.41. The molecule has 3 unspecified atom stereocenters. The van der Waals surface area contributed by atoms with Crippen LogP contribution in [0.3, 0.4) is 0 Å². The van der Waals surface area contributed by atoms with E-state index in [9.17, 15) is 5.11 Å². The van der Waals surface area contributed by atoms with Crippen molar-refractivity contribution >= 4 is 0 Å². The summed E-state index contributed by atoms with van der Waals surface area (Å²) in [6, 6.07) is 0.703. The van der Waals surface area contributed by atoms with E-state index in [0.29, 0.717) is 12.0 Å². The summed E-state index contributed by atoms with van der Waals surface area (Å²) in [5, 5.41) is 9.97. The molecule has 2 heteroatoms. The van der Waals surface area contributed by atoms with E-state index < -0.39 is 0 Å². The van der Waals surface area contributed by atoms with E-state index in [4.69, 9.17) is 0 Å². The Morgan fingerprint density at radius 3 is 2.73 bits per heavy atom. The number of unbranched alkanes of at least 4 members (excludes halogenated alkanes) is 1. The zero-order valence-corrected chi connectivity index (χ0v) is 9.99. The molecule has 0 radical (unpaired) electrons. The number of likely N-dealkylation sites (tertiary alicyclic amines) is 1. The molecule has 3 atom stereocenters. The molecule has 0 bridgehead atoms. The van der Waals surface area contributed by atoms with Gasteiger partial charge in [0, 0.05) is 12.0 Å². The van der Waals surface area contributed by atoms with Crippen LogP contribution in [0.4, 0.5) is 0 Å². The summed E-state index contributed by atoms with van der Waals surface area (Å²) in [5.74, 6) is 0.587. The van der Waals surface area contributed by atoms with Gasteiger partial charge in [0.2, 0.25) is 0 Å². The largest absolute Gasteiger partial charge is 0.393 e. The quantitative estimate of drug-likeness (QED) is 0.772. The van der Waals surface area contributed by atoms with Crippen LogP contribution in [0.25, 0.3) is 0 Å². The van der Waals surface area contributed by atoms with Crippen molar-refractivity contribution in [2.24, 2.45) is 5.92 Å². The maximum Gasteiger partial charge on any atom is 0.0583 e. The highest BCUT2D eigenvalue weighted by molar-refractivity contribution is 4.91. The van der Waals surface area contributed by atoms with Crippen LogP contribution in [0, 0.1) is 5.92 Å². The van der Waals surface area contributed by atoms with Gasteiger partial charge in [-0.3, -0.25) is 0 Å². The number of aliphatic hydroxyl groups is 1. The lowest BCUT2D eigenvalue weighted by Gasteiger charge is -2.31. The Hall–Kier alpha value is -0.0800. The second-order valence-corrected chi connectivity index (χ2v) is 5.26. The van der Waals surface area contributed by atoms with Gasteiger partial charge in [0.1, 0.15) is 0 Å². The minimum atomic E-state index is -0.00257. The molecule has 1 saturated heterocycles. The minimum absolute atomic E-state index is 0.00257. The van der Waals surface area contributed by atoms with Crippen molar-refractivity contribution in [2.45, 2.75) is 64.0 Å². The lowest BCUT2D eigenvalue weighted by Crippen LogP contribution is -2.39. The first kappa shape index (κ1) is 11.4. The molecule has 0 amide bonds. The molecular formula is C13H25NO. The van der Waals surface area contributed by atoms with Gasteiger partial charge in [-0.05, 0) is 45.2 Å². The Bertz CT molecular complexity index is 195. The zero-order valence-electron chi connectivity index (χ0n) is 9.99. The van der Waals surface area contributed by atoms with E-state index in [2.05, 4.69) is 11.8 Å². The average Bonchev–Trinajstić information content (AvgIpc) is 2.82. The molecule has 2 fully saturated rings. The van der Waals surface area contributed by atoms with Gasteiger partial charge < -0.3 is 10.0 Å². The molecule has 1 N–H and O–H groups in total. The molecule has 0 aromatic carbocycles. The third-order valence-electron chi connectivity index (χ3n) is 4.24. The van der Waals surface area contributed by atoms with Crippen LogP contribution in [0.1, 0.15) is 51.9 Å². The molecule has 2 rings (SSSR count). The first-order chi connectivity index (χ1) is 7.33. The summed E-state index contributed by atoms with van der Waals surface area (Å²) in [5.41, 5.74) is 0. The van der Waals surface area contributed by atoms with Gasteiger partial charge in [-0.15, -0.1) is 0 Å². The van der Waals surface area contributed by atoms with E-state index in [1.807, 2.05) is 0 Å². The van der Waals surface area contributed by atoms with E-state index in [0.717, 1.165) is 6.42 Å². The summed E-state index contributed by atoms with van der Waals surface area (Å²) in [4.78, 5) is 2.64. The molecule has 1 heterocycles. The minimum Gasteiger partial charge on any atom is -0.393 e. The number of aliphatic hydroxyl groups excluding tert-OH is 1. The molecule has 0 spiro atoms. The van der Waals surface area contributed by atoms with Crippen LogP contribution in [0.5, 0.6) is 0 Å². The highest BCUT2D eigenvalue weighted by atomic mass is 16.3. The SMILES string of the molecule is CCCCN1CCCC1C1CCCC1O. The molecule has 1 aliphatic carbocycles. The monoisotopic (exact) mass is 211 g/mol. The fraction of sp³-hybridized carbons (Fsp3) is 1.00. The molecule has 15 heavy (non-hydrogen) atoms. The molecule has 0 aromatic heterocycles. The third-order valence-corrected chi connectivity index (χ3v) is 4.24. The molecule has 88 valence electrons. The van der Waals surface area contributed by atoms with Gasteiger partial charge >= 0.3 is 0 Å². The number of nitrogens with zero attached hydrogens (tertiary/aromatic N) is 1. The van der Waals surface area contributed by atoms with E-state index >= 15 is 0 Å². The van der Waals surface area contributed by atoms with Crippen LogP contribution in [0.2, 0.25) is 0 Å². The second-order valence-electron chi connectivity index (χ2n) is 5.26. The lowest BCUT2D eigenvalue weighted by molar-refractivity contribution is 0.0742. The van der Waals surface area contributed by atoms with E-state index in [-0.39, 0.29) is 6.10 Å². The first-order valence-corrected chi connectivity index (χ1v) is 6.75. The van der Waals surface area contributed by atoms with Gasteiger partial charge in [-0.1, -0.05) is 19.8 Å². The third kappa shape index (κ3) is 2.54. The lowest BCUT2D eigenvalue weighted by atomic mass is 9.94. The summed E-state index contributed by atoms with van der Waals surface area (Å²) in [6.45, 7) is 4.79. The van der Waals surface area contributed by atoms with Crippen LogP contribution in [-0.4, -0.2) is 35.2 Å². The maximum absolute atomic E-state index is 9.97. The maximum atomic E-state index is 9.97. The number of rotatable bonds is 4. The topological polar surface area (TPSA) is 23.5 Å². The summed E-state index contributed by atoms with van der Waals surface area (Å²) < 4.78 is 0. The van der Waals surface area contributed by atoms with Crippen LogP contribution in [-0.2, 0) is 0 Å². The van der Waals surface area contributed by atoms with Gasteiger partial charge in [0.25, 0.3) is 0 Å². The summed E-state index contributed by atoms with van der Waals surface area (Å²) >= 11 is 0. The van der Waals surface area contributed by atoms with E-state index in [1.165, 1.54) is 51.6 Å². The van der Waals surface area contributed by atoms with E-state index in [1.54, 1.807) is 0 Å². The molecule has 2 aliphatic rings. The highest BCUT2D eigenvalue weighted by Gasteiger charge is 2.37. The van der Waals surface area contributed by atoms with Crippen LogP contribution in [0.15, 0.2) is 0 Å². The predicted molar refractivity (Wildman–Crippen MR) is 62.9 cm³/mol. The van der Waals surface area contributed by atoms with Crippen molar-refractivity contribution < 1.29 is 5.11 Å². The highest BCUT2D eigenvalue weighted by Crippen LogP contribution is 2.35. The van der Waals surface area contributed by atoms with Crippen LogP contribution < -0.4 is 0 Å². The standard InChI is InChI=1S/C13H25NO/c1-2-3-9-14-10-5-7-12(14)11-6-4-8-13(11)15/h11-13,15H,2-10H2,1H3. The Morgan fingerprint density at radius 1 is 1.20 bits per heavy atom. The fourth-order valence-corrected chi connectivity index (χ4v) is 3.39. The Kier molecular flexibility index (Phi) is 4.04. The molecule has 1 saturated carbocycles. The van der Waals surface area contributed by atoms with Gasteiger partial charge in [-0.2, -0.15) is 0 Å². The zero-order chi connectivity index (χ0) is 10.7. The van der Waals surface area contributed by atoms with Crippen molar-refractivity contribution in [1.29, 1.82) is 0 Å². The smallest absolute Gasteiger partial charge is 0.0583 e. The first-order valence-electron chi connectivity index (χ1n) is 6.75. The average molecular weight is 211 g/mol. The van der Waals surface area contributed by atoms with Crippen molar-refractivity contribution in [2.75, 3.05) is 13.1 Å². The summed E-state index contributed by atoms with van der Waals surface area (Å²) in [7, 11) is 0. The van der Waals surface area contributed by atoms with Gasteiger partial charge in [0.05, 0.1) is 6.10 Å².